The highest BCUT2D eigenvalue weighted by Crippen LogP contribution is 2.37. The number of nitrogens with one attached hydrogen (secondary N) is 1. The number of carboxylic acid groups (broad SMARTS) is 1. The molecule has 4 aromatic rings. The molecule has 2 N–H and O–H groups in total. The van der Waals surface area contributed by atoms with Gasteiger partial charge in [-0.1, -0.05) is 66.7 Å². The molecule has 0 saturated carbocycles. The minimum atomic E-state index is -1.16. The third kappa shape index (κ3) is 8.35. The quantitative estimate of drug-likeness (QED) is 0.208. The first-order valence-corrected chi connectivity index (χ1v) is 13.5. The van der Waals surface area contributed by atoms with E-state index in [1.807, 2.05) is 91.9 Å². The SMILES string of the molecule is Cc1cccc(-c2cccc(-c3cccc(OCCC(NC(=O)OC(C)(C)C)C(=O)O)c3)c2)c1Oc1ccccc1. The predicted octanol–water partition coefficient (Wildman–Crippen LogP) is 7.87. The Kier molecular flexibility index (Phi) is 9.30. The zero-order valence-electron chi connectivity index (χ0n) is 23.7. The second-order valence-electron chi connectivity index (χ2n) is 10.6. The molecule has 7 heteroatoms. The van der Waals surface area contributed by atoms with Crippen LogP contribution in [0.15, 0.2) is 97.1 Å². The normalized spacial score (nSPS) is 11.8. The van der Waals surface area contributed by atoms with E-state index in [1.165, 1.54) is 0 Å². The third-order valence-corrected chi connectivity index (χ3v) is 6.18. The van der Waals surface area contributed by atoms with Crippen LogP contribution in [0.3, 0.4) is 0 Å². The second kappa shape index (κ2) is 13.0. The average Bonchev–Trinajstić information content (AvgIpc) is 2.93. The van der Waals surface area contributed by atoms with Crippen molar-refractivity contribution >= 4 is 12.1 Å². The first-order chi connectivity index (χ1) is 19.6. The number of benzene rings is 4. The van der Waals surface area contributed by atoms with Crippen LogP contribution in [0.4, 0.5) is 4.79 Å². The maximum absolute atomic E-state index is 12.0. The van der Waals surface area contributed by atoms with Crippen LogP contribution >= 0.6 is 0 Å². The van der Waals surface area contributed by atoms with E-state index in [4.69, 9.17) is 14.2 Å². The van der Waals surface area contributed by atoms with Gasteiger partial charge in [-0.25, -0.2) is 9.59 Å². The van der Waals surface area contributed by atoms with Gasteiger partial charge in [-0.3, -0.25) is 0 Å². The van der Waals surface area contributed by atoms with Crippen LogP contribution in [-0.4, -0.2) is 35.4 Å². The van der Waals surface area contributed by atoms with Gasteiger partial charge in [0, 0.05) is 12.0 Å². The minimum Gasteiger partial charge on any atom is -0.493 e. The summed E-state index contributed by atoms with van der Waals surface area (Å²) < 4.78 is 17.3. The molecule has 0 spiro atoms. The summed E-state index contributed by atoms with van der Waals surface area (Å²) in [5, 5.41) is 11.9. The summed E-state index contributed by atoms with van der Waals surface area (Å²) in [7, 11) is 0. The van der Waals surface area contributed by atoms with Crippen molar-refractivity contribution in [1.82, 2.24) is 5.32 Å². The monoisotopic (exact) mass is 553 g/mol. The van der Waals surface area contributed by atoms with E-state index in [1.54, 1.807) is 20.8 Å². The standard InChI is InChI=1S/C34H35NO6/c1-23-11-8-18-29(31(23)40-27-15-6-5-7-16-27)26-14-9-12-24(21-26)25-13-10-17-28(22-25)39-20-19-30(32(36)37)35-33(38)41-34(2,3)4/h5-18,21-22,30H,19-20H2,1-4H3,(H,35,38)(H,36,37). The van der Waals surface area contributed by atoms with Gasteiger partial charge in [-0.05, 0) is 80.3 Å². The van der Waals surface area contributed by atoms with Gasteiger partial charge >= 0.3 is 12.1 Å². The lowest BCUT2D eigenvalue weighted by Gasteiger charge is -2.22. The molecule has 0 radical (unpaired) electrons. The van der Waals surface area contributed by atoms with E-state index < -0.39 is 23.7 Å². The largest absolute Gasteiger partial charge is 0.493 e. The van der Waals surface area contributed by atoms with Gasteiger partial charge in [0.1, 0.15) is 28.9 Å². The first kappa shape index (κ1) is 29.2. The summed E-state index contributed by atoms with van der Waals surface area (Å²) in [6.45, 7) is 7.27. The molecule has 0 aliphatic rings. The van der Waals surface area contributed by atoms with Gasteiger partial charge in [-0.15, -0.1) is 0 Å². The number of amides is 1. The first-order valence-electron chi connectivity index (χ1n) is 13.5. The lowest BCUT2D eigenvalue weighted by Crippen LogP contribution is -2.44. The number of alkyl carbamates (subject to hydrolysis) is 1. The molecule has 1 amide bonds. The highest BCUT2D eigenvalue weighted by Gasteiger charge is 2.24. The molecule has 0 bridgehead atoms. The zero-order chi connectivity index (χ0) is 29.4. The summed E-state index contributed by atoms with van der Waals surface area (Å²) >= 11 is 0. The summed E-state index contributed by atoms with van der Waals surface area (Å²) in [5.41, 5.74) is 4.26. The summed E-state index contributed by atoms with van der Waals surface area (Å²) in [5.74, 6) is 1.02. The Morgan fingerprint density at radius 2 is 1.44 bits per heavy atom. The molecule has 41 heavy (non-hydrogen) atoms. The number of carboxylic acids is 1. The Hall–Kier alpha value is -4.78. The molecule has 0 aliphatic carbocycles. The van der Waals surface area contributed by atoms with Crippen LogP contribution in [0.5, 0.6) is 17.2 Å². The molecule has 0 saturated heterocycles. The maximum atomic E-state index is 12.0. The topological polar surface area (TPSA) is 94.1 Å². The lowest BCUT2D eigenvalue weighted by atomic mass is 9.97. The van der Waals surface area contributed by atoms with E-state index in [9.17, 15) is 14.7 Å². The van der Waals surface area contributed by atoms with Crippen LogP contribution < -0.4 is 14.8 Å². The summed E-state index contributed by atoms with van der Waals surface area (Å²) in [6.07, 6.45) is -0.705. The molecule has 1 unspecified atom stereocenters. The fourth-order valence-electron chi connectivity index (χ4n) is 4.26. The van der Waals surface area contributed by atoms with Crippen molar-refractivity contribution in [3.63, 3.8) is 0 Å². The third-order valence-electron chi connectivity index (χ3n) is 6.18. The molecule has 4 rings (SSSR count). The van der Waals surface area contributed by atoms with Gasteiger partial charge in [-0.2, -0.15) is 0 Å². The molecule has 212 valence electrons. The molecule has 1 atom stereocenters. The molecule has 0 fully saturated rings. The van der Waals surface area contributed by atoms with Crippen LogP contribution in [-0.2, 0) is 9.53 Å². The van der Waals surface area contributed by atoms with Crippen LogP contribution in [0, 0.1) is 6.92 Å². The number of carbonyl (C=O) groups excluding carboxylic acids is 1. The van der Waals surface area contributed by atoms with Crippen molar-refractivity contribution in [2.75, 3.05) is 6.61 Å². The molecule has 4 aromatic carbocycles. The molecule has 0 heterocycles. The second-order valence-corrected chi connectivity index (χ2v) is 10.6. The summed E-state index contributed by atoms with van der Waals surface area (Å²) in [4.78, 5) is 23.7. The number of ether oxygens (including phenoxy) is 3. The highest BCUT2D eigenvalue weighted by atomic mass is 16.6. The number of hydrogen-bond donors (Lipinski definition) is 2. The van der Waals surface area contributed by atoms with E-state index in [-0.39, 0.29) is 13.0 Å². The van der Waals surface area contributed by atoms with Crippen molar-refractivity contribution in [1.29, 1.82) is 0 Å². The Labute approximate surface area is 240 Å². The smallest absolute Gasteiger partial charge is 0.408 e. The van der Waals surface area contributed by atoms with Crippen LogP contribution in [0.2, 0.25) is 0 Å². The zero-order valence-corrected chi connectivity index (χ0v) is 23.7. The van der Waals surface area contributed by atoms with Gasteiger partial charge < -0.3 is 24.6 Å². The van der Waals surface area contributed by atoms with Gasteiger partial charge in [0.15, 0.2) is 0 Å². The van der Waals surface area contributed by atoms with E-state index in [0.29, 0.717) is 5.75 Å². The molecule has 7 nitrogen and oxygen atoms in total. The van der Waals surface area contributed by atoms with Crippen LogP contribution in [0.1, 0.15) is 32.8 Å². The molecule has 0 aliphatic heterocycles. The summed E-state index contributed by atoms with van der Waals surface area (Å²) in [6, 6.07) is 30.5. The fourth-order valence-corrected chi connectivity index (χ4v) is 4.26. The van der Waals surface area contributed by atoms with Gasteiger partial charge in [0.25, 0.3) is 0 Å². The number of hydrogen-bond acceptors (Lipinski definition) is 5. The predicted molar refractivity (Wildman–Crippen MR) is 159 cm³/mol. The van der Waals surface area contributed by atoms with E-state index in [2.05, 4.69) is 17.4 Å². The average molecular weight is 554 g/mol. The van der Waals surface area contributed by atoms with Crippen molar-refractivity contribution < 1.29 is 28.9 Å². The van der Waals surface area contributed by atoms with E-state index in [0.717, 1.165) is 39.3 Å². The van der Waals surface area contributed by atoms with Crippen molar-refractivity contribution in [3.05, 3.63) is 103 Å². The fraction of sp³-hybridized carbons (Fsp3) is 0.235. The Morgan fingerprint density at radius 1 is 0.805 bits per heavy atom. The Bertz CT molecular complexity index is 1490. The number of para-hydroxylation sites is 2. The minimum absolute atomic E-state index is 0.0752. The van der Waals surface area contributed by atoms with Crippen LogP contribution in [0.25, 0.3) is 22.3 Å². The highest BCUT2D eigenvalue weighted by molar-refractivity contribution is 5.80. The van der Waals surface area contributed by atoms with Gasteiger partial charge in [0.05, 0.1) is 6.61 Å². The Morgan fingerprint density at radius 3 is 2.15 bits per heavy atom. The number of aliphatic carboxylic acids is 1. The van der Waals surface area contributed by atoms with Gasteiger partial charge in [0.2, 0.25) is 0 Å². The van der Waals surface area contributed by atoms with Crippen molar-refractivity contribution in [2.45, 2.75) is 45.8 Å². The molecular formula is C34H35NO6. The molecular weight excluding hydrogens is 518 g/mol. The van der Waals surface area contributed by atoms with Crippen molar-refractivity contribution in [2.24, 2.45) is 0 Å². The number of aryl methyl sites for hydroxylation is 1. The lowest BCUT2D eigenvalue weighted by molar-refractivity contribution is -0.139. The molecule has 0 aromatic heterocycles. The van der Waals surface area contributed by atoms with Crippen molar-refractivity contribution in [3.8, 4) is 39.5 Å². The van der Waals surface area contributed by atoms with E-state index >= 15 is 0 Å². The number of rotatable bonds is 10. The maximum Gasteiger partial charge on any atom is 0.408 e. The Balaban J connectivity index is 1.48. The number of carbonyl (C=O) groups is 2.